The van der Waals surface area contributed by atoms with Gasteiger partial charge in [-0.25, -0.2) is 4.39 Å². The van der Waals surface area contributed by atoms with Crippen LogP contribution in [0.1, 0.15) is 23.6 Å². The van der Waals surface area contributed by atoms with Crippen LogP contribution in [0.25, 0.3) is 0 Å². The normalized spacial score (nSPS) is 28.9. The maximum atomic E-state index is 14.7. The molecule has 3 heterocycles. The summed E-state index contributed by atoms with van der Waals surface area (Å²) in [6, 6.07) is 3.52. The van der Waals surface area contributed by atoms with E-state index in [1.807, 2.05) is 30.2 Å². The first-order valence-corrected chi connectivity index (χ1v) is 11.8. The third kappa shape index (κ3) is 5.98. The molecule has 1 aromatic rings. The summed E-state index contributed by atoms with van der Waals surface area (Å²) in [5.41, 5.74) is 1.19. The highest BCUT2D eigenvalue weighted by molar-refractivity contribution is 5.59. The number of alkyl halides is 4. The second-order valence-corrected chi connectivity index (χ2v) is 9.30. The SMILES string of the molecule is C=C(C1NC(/C=C/CNC2NCCN2)Cc2c(N[C@@H]3CCN(C)C[C@@H]3F)cccc21)C(F)(F)F. The molecule has 0 aliphatic carbocycles. The summed E-state index contributed by atoms with van der Waals surface area (Å²) in [7, 11) is 1.89. The molecule has 0 amide bonds. The fraction of sp³-hybridized carbons (Fsp3) is 0.583. The van der Waals surface area contributed by atoms with E-state index in [2.05, 4.69) is 33.2 Å². The molecule has 2 fully saturated rings. The predicted octanol–water partition coefficient (Wildman–Crippen LogP) is 2.44. The number of rotatable bonds is 7. The van der Waals surface area contributed by atoms with Gasteiger partial charge < -0.3 is 10.2 Å². The van der Waals surface area contributed by atoms with Gasteiger partial charge in [0.25, 0.3) is 0 Å². The maximum absolute atomic E-state index is 14.7. The van der Waals surface area contributed by atoms with E-state index in [1.165, 1.54) is 0 Å². The summed E-state index contributed by atoms with van der Waals surface area (Å²) in [6.45, 7) is 6.82. The van der Waals surface area contributed by atoms with Gasteiger partial charge in [0.1, 0.15) is 12.5 Å². The number of halogens is 4. The molecular weight excluding hydrogens is 448 g/mol. The Bertz CT molecular complexity index is 883. The van der Waals surface area contributed by atoms with Gasteiger partial charge in [0.05, 0.1) is 12.1 Å². The lowest BCUT2D eigenvalue weighted by Gasteiger charge is -2.37. The molecule has 4 atom stereocenters. The highest BCUT2D eigenvalue weighted by Gasteiger charge is 2.41. The van der Waals surface area contributed by atoms with Crippen molar-refractivity contribution in [3.05, 3.63) is 53.6 Å². The molecule has 10 heteroatoms. The van der Waals surface area contributed by atoms with Crippen molar-refractivity contribution in [1.29, 1.82) is 0 Å². The van der Waals surface area contributed by atoms with Crippen molar-refractivity contribution in [1.82, 2.24) is 26.2 Å². The van der Waals surface area contributed by atoms with Gasteiger partial charge in [-0.3, -0.25) is 21.3 Å². The molecule has 0 aromatic heterocycles. The average Bonchev–Trinajstić information content (AvgIpc) is 3.31. The van der Waals surface area contributed by atoms with Crippen LogP contribution in [0.2, 0.25) is 0 Å². The molecule has 5 N–H and O–H groups in total. The van der Waals surface area contributed by atoms with Gasteiger partial charge in [-0.2, -0.15) is 13.2 Å². The number of piperidine rings is 1. The third-order valence-corrected chi connectivity index (χ3v) is 6.76. The molecule has 1 aromatic carbocycles. The number of fused-ring (bicyclic) bond motifs is 1. The first-order valence-electron chi connectivity index (χ1n) is 11.8. The highest BCUT2D eigenvalue weighted by Crippen LogP contribution is 2.40. The molecule has 188 valence electrons. The maximum Gasteiger partial charge on any atom is 0.413 e. The Hall–Kier alpha value is -1.98. The number of nitrogens with zero attached hydrogens (tertiary/aromatic N) is 1. The number of hydrogen-bond donors (Lipinski definition) is 5. The van der Waals surface area contributed by atoms with Crippen LogP contribution in [-0.4, -0.2) is 75.4 Å². The first-order chi connectivity index (χ1) is 16.2. The van der Waals surface area contributed by atoms with Gasteiger partial charge in [-0.1, -0.05) is 30.9 Å². The quantitative estimate of drug-likeness (QED) is 0.304. The molecule has 3 aliphatic heterocycles. The largest absolute Gasteiger partial charge is 0.413 e. The molecule has 0 radical (unpaired) electrons. The molecule has 2 unspecified atom stereocenters. The van der Waals surface area contributed by atoms with Crippen molar-refractivity contribution in [2.75, 3.05) is 45.1 Å². The number of hydrogen-bond acceptors (Lipinski definition) is 6. The van der Waals surface area contributed by atoms with E-state index < -0.39 is 24.0 Å². The highest BCUT2D eigenvalue weighted by atomic mass is 19.4. The topological polar surface area (TPSA) is 63.4 Å². The van der Waals surface area contributed by atoms with Crippen LogP contribution >= 0.6 is 0 Å². The van der Waals surface area contributed by atoms with E-state index in [4.69, 9.17) is 0 Å². The lowest BCUT2D eigenvalue weighted by molar-refractivity contribution is -0.0968. The molecule has 3 aliphatic rings. The zero-order chi connectivity index (χ0) is 24.3. The third-order valence-electron chi connectivity index (χ3n) is 6.76. The van der Waals surface area contributed by atoms with Crippen LogP contribution in [0, 0.1) is 0 Å². The minimum atomic E-state index is -4.52. The summed E-state index contributed by atoms with van der Waals surface area (Å²) in [5, 5.41) is 16.2. The summed E-state index contributed by atoms with van der Waals surface area (Å²) in [5.74, 6) is 0. The van der Waals surface area contributed by atoms with Crippen LogP contribution in [0.5, 0.6) is 0 Å². The fourth-order valence-corrected chi connectivity index (χ4v) is 4.88. The molecule has 0 bridgehead atoms. The number of benzene rings is 1. The second-order valence-electron chi connectivity index (χ2n) is 9.30. The van der Waals surface area contributed by atoms with Gasteiger partial charge in [0, 0.05) is 50.0 Å². The van der Waals surface area contributed by atoms with Crippen LogP contribution in [0.3, 0.4) is 0 Å². The Morgan fingerprint density at radius 2 is 2.03 bits per heavy atom. The predicted molar refractivity (Wildman–Crippen MR) is 126 cm³/mol. The number of likely N-dealkylation sites (tertiary alicyclic amines) is 1. The summed E-state index contributed by atoms with van der Waals surface area (Å²) < 4.78 is 55.6. The van der Waals surface area contributed by atoms with E-state index in [-0.39, 0.29) is 18.4 Å². The Kier molecular flexibility index (Phi) is 7.94. The van der Waals surface area contributed by atoms with Crippen LogP contribution < -0.4 is 26.6 Å². The van der Waals surface area contributed by atoms with Gasteiger partial charge >= 0.3 is 6.18 Å². The second kappa shape index (κ2) is 10.7. The molecule has 6 nitrogen and oxygen atoms in total. The summed E-state index contributed by atoms with van der Waals surface area (Å²) in [6.07, 6.45) is -0.591. The lowest BCUT2D eigenvalue weighted by atomic mass is 9.85. The number of anilines is 1. The molecule has 4 rings (SSSR count). The van der Waals surface area contributed by atoms with Gasteiger partial charge in [0.2, 0.25) is 0 Å². The van der Waals surface area contributed by atoms with Crippen LogP contribution in [0.4, 0.5) is 23.2 Å². The van der Waals surface area contributed by atoms with Gasteiger partial charge in [0.15, 0.2) is 0 Å². The minimum absolute atomic E-state index is 0.0291. The Morgan fingerprint density at radius 3 is 2.74 bits per heavy atom. The van der Waals surface area contributed by atoms with E-state index >= 15 is 0 Å². The standard InChI is InChI=1S/C24H34F4N6/c1-15(24(26,27)28)22-17-6-3-7-20(33-21-8-12-34(2)14-19(21)25)18(17)13-16(32-22)5-4-9-29-23-30-10-11-31-23/h3-7,16,19,21-23,29-33H,1,8-14H2,2H3/b5-4+/t16?,19-,21+,22?/m0/s1. The van der Waals surface area contributed by atoms with E-state index in [1.54, 1.807) is 12.1 Å². The van der Waals surface area contributed by atoms with Crippen molar-refractivity contribution >= 4 is 5.69 Å². The van der Waals surface area contributed by atoms with Crippen LogP contribution in [-0.2, 0) is 6.42 Å². The van der Waals surface area contributed by atoms with E-state index in [9.17, 15) is 17.6 Å². The van der Waals surface area contributed by atoms with Crippen molar-refractivity contribution < 1.29 is 17.6 Å². The van der Waals surface area contributed by atoms with E-state index in [0.29, 0.717) is 37.2 Å². The van der Waals surface area contributed by atoms with E-state index in [0.717, 1.165) is 25.2 Å². The smallest absolute Gasteiger partial charge is 0.379 e. The minimum Gasteiger partial charge on any atom is -0.379 e. The van der Waals surface area contributed by atoms with Crippen molar-refractivity contribution in [2.24, 2.45) is 0 Å². The Balaban J connectivity index is 1.54. The molecule has 2 saturated heterocycles. The summed E-state index contributed by atoms with van der Waals surface area (Å²) in [4.78, 5) is 1.95. The summed E-state index contributed by atoms with van der Waals surface area (Å²) >= 11 is 0. The van der Waals surface area contributed by atoms with Crippen molar-refractivity contribution in [2.45, 2.75) is 49.6 Å². The van der Waals surface area contributed by atoms with Crippen molar-refractivity contribution in [3.8, 4) is 0 Å². The monoisotopic (exact) mass is 482 g/mol. The lowest BCUT2D eigenvalue weighted by Crippen LogP contribution is -2.47. The van der Waals surface area contributed by atoms with Gasteiger partial charge in [-0.15, -0.1) is 0 Å². The van der Waals surface area contributed by atoms with Crippen molar-refractivity contribution in [3.63, 3.8) is 0 Å². The molecule has 0 spiro atoms. The zero-order valence-electron chi connectivity index (χ0n) is 19.4. The Morgan fingerprint density at radius 1 is 1.26 bits per heavy atom. The number of nitrogens with one attached hydrogen (secondary N) is 5. The molecular formula is C24H34F4N6. The molecule has 34 heavy (non-hydrogen) atoms. The average molecular weight is 483 g/mol. The molecule has 0 saturated carbocycles. The van der Waals surface area contributed by atoms with Gasteiger partial charge in [-0.05, 0) is 37.1 Å². The zero-order valence-corrected chi connectivity index (χ0v) is 19.4. The van der Waals surface area contributed by atoms with Crippen LogP contribution in [0.15, 0.2) is 42.5 Å². The Labute approximate surface area is 198 Å². The first kappa shape index (κ1) is 25.1. The fourth-order valence-electron chi connectivity index (χ4n) is 4.88.